The Morgan fingerprint density at radius 2 is 1.76 bits per heavy atom. The van der Waals surface area contributed by atoms with Gasteiger partial charge in [-0.1, -0.05) is 62.4 Å². The molecule has 0 aliphatic heterocycles. The van der Waals surface area contributed by atoms with Gasteiger partial charge in [0.05, 0.1) is 12.0 Å². The summed E-state index contributed by atoms with van der Waals surface area (Å²) in [5, 5.41) is 12.3. The van der Waals surface area contributed by atoms with E-state index in [4.69, 9.17) is 14.3 Å². The molecule has 1 aliphatic carbocycles. The van der Waals surface area contributed by atoms with Crippen molar-refractivity contribution in [2.45, 2.75) is 51.9 Å². The lowest BCUT2D eigenvalue weighted by molar-refractivity contribution is -0.136. The minimum absolute atomic E-state index is 0.0538. The number of anilines is 1. The van der Waals surface area contributed by atoms with Gasteiger partial charge >= 0.3 is 11.6 Å². The monoisotopic (exact) mass is 575 g/mol. The lowest BCUT2D eigenvalue weighted by atomic mass is 9.84. The Morgan fingerprint density at radius 1 is 1.00 bits per heavy atom. The molecule has 1 heterocycles. The van der Waals surface area contributed by atoms with Crippen molar-refractivity contribution >= 4 is 28.5 Å². The molecular weight excluding hydrogens is 544 g/mol. The zero-order valence-corrected chi connectivity index (χ0v) is 23.2. The second kappa shape index (κ2) is 12.5. The fourth-order valence-electron chi connectivity index (χ4n) is 5.64. The Balaban J connectivity index is 1.29. The number of aliphatic carboxylic acids is 1. The van der Waals surface area contributed by atoms with Crippen LogP contribution in [0, 0.1) is 24.5 Å². The maximum absolute atomic E-state index is 15.3. The number of aryl methyl sites for hydroxylation is 1. The van der Waals surface area contributed by atoms with Gasteiger partial charge in [-0.15, -0.1) is 0 Å². The van der Waals surface area contributed by atoms with Crippen LogP contribution in [-0.4, -0.2) is 23.6 Å². The fourth-order valence-corrected chi connectivity index (χ4v) is 5.64. The van der Waals surface area contributed by atoms with Gasteiger partial charge in [-0.25, -0.2) is 13.6 Å². The van der Waals surface area contributed by atoms with Crippen molar-refractivity contribution in [3.8, 4) is 16.9 Å². The van der Waals surface area contributed by atoms with Gasteiger partial charge in [-0.2, -0.15) is 0 Å². The smallest absolute Gasteiger partial charge is 0.340 e. The first-order chi connectivity index (χ1) is 20.2. The number of benzene rings is 3. The number of ether oxygens (including phenoxy) is 1. The predicted octanol–water partition coefficient (Wildman–Crippen LogP) is 6.81. The second-order valence-electron chi connectivity index (χ2n) is 10.7. The topological polar surface area (TPSA) is 106 Å². The van der Waals surface area contributed by atoms with E-state index < -0.39 is 42.2 Å². The van der Waals surface area contributed by atoms with Crippen molar-refractivity contribution in [1.29, 1.82) is 0 Å². The molecule has 218 valence electrons. The highest BCUT2D eigenvalue weighted by Gasteiger charge is 2.21. The lowest BCUT2D eigenvalue weighted by Crippen LogP contribution is -2.20. The molecule has 42 heavy (non-hydrogen) atoms. The first-order valence-electron chi connectivity index (χ1n) is 14.0. The van der Waals surface area contributed by atoms with Gasteiger partial charge < -0.3 is 19.6 Å². The summed E-state index contributed by atoms with van der Waals surface area (Å²) in [5.74, 6) is -2.88. The maximum atomic E-state index is 15.3. The number of hydrogen-bond donors (Lipinski definition) is 2. The van der Waals surface area contributed by atoms with Crippen molar-refractivity contribution in [2.24, 2.45) is 5.92 Å². The molecule has 0 spiro atoms. The summed E-state index contributed by atoms with van der Waals surface area (Å²) in [5.41, 5.74) is 1.09. The SMILES string of the molecule is Cc1c(CC(=O)O)c(=O)oc2cc(NC(=O)COc3ccccc3-c3ccc(CC4CCCCC4)c(F)c3F)ccc12. The third kappa shape index (κ3) is 6.35. The Morgan fingerprint density at radius 3 is 2.52 bits per heavy atom. The summed E-state index contributed by atoms with van der Waals surface area (Å²) < 4.78 is 41.4. The fraction of sp³-hybridized carbons (Fsp3) is 0.303. The summed E-state index contributed by atoms with van der Waals surface area (Å²) in [7, 11) is 0. The Kier molecular flexibility index (Phi) is 8.66. The molecule has 1 saturated carbocycles. The Labute approximate surface area is 241 Å². The number of carbonyl (C=O) groups is 2. The normalized spacial score (nSPS) is 13.7. The zero-order valence-electron chi connectivity index (χ0n) is 23.2. The average molecular weight is 576 g/mol. The number of carboxylic acids is 1. The van der Waals surface area contributed by atoms with Crippen molar-refractivity contribution < 1.29 is 32.6 Å². The first kappa shape index (κ1) is 29.0. The second-order valence-corrected chi connectivity index (χ2v) is 10.7. The van der Waals surface area contributed by atoms with Crippen LogP contribution in [0.3, 0.4) is 0 Å². The minimum Gasteiger partial charge on any atom is -0.483 e. The zero-order chi connectivity index (χ0) is 29.8. The number of halogens is 2. The number of hydrogen-bond acceptors (Lipinski definition) is 5. The number of carbonyl (C=O) groups excluding carboxylic acids is 1. The average Bonchev–Trinajstić information content (AvgIpc) is 2.97. The van der Waals surface area contributed by atoms with E-state index in [1.54, 1.807) is 55.5 Å². The van der Waals surface area contributed by atoms with E-state index in [-0.39, 0.29) is 22.5 Å². The molecular formula is C33H31F2NO6. The number of amides is 1. The molecule has 1 amide bonds. The van der Waals surface area contributed by atoms with Gasteiger partial charge in [0, 0.05) is 28.3 Å². The van der Waals surface area contributed by atoms with Crippen LogP contribution in [0.25, 0.3) is 22.1 Å². The quantitative estimate of drug-likeness (QED) is 0.212. The van der Waals surface area contributed by atoms with Gasteiger partial charge in [-0.05, 0) is 48.6 Å². The van der Waals surface area contributed by atoms with E-state index in [2.05, 4.69) is 5.32 Å². The van der Waals surface area contributed by atoms with E-state index in [1.807, 2.05) is 0 Å². The molecule has 2 N–H and O–H groups in total. The van der Waals surface area contributed by atoms with Crippen LogP contribution in [0.2, 0.25) is 0 Å². The number of fused-ring (bicyclic) bond motifs is 1. The summed E-state index contributed by atoms with van der Waals surface area (Å²) in [6, 6.07) is 14.4. The molecule has 5 rings (SSSR count). The molecule has 0 unspecified atom stereocenters. The largest absolute Gasteiger partial charge is 0.483 e. The van der Waals surface area contributed by atoms with Crippen LogP contribution in [0.4, 0.5) is 14.5 Å². The van der Waals surface area contributed by atoms with Crippen LogP contribution in [0.1, 0.15) is 48.8 Å². The van der Waals surface area contributed by atoms with Crippen LogP contribution in [0.5, 0.6) is 5.75 Å². The van der Waals surface area contributed by atoms with Crippen molar-refractivity contribution in [1.82, 2.24) is 0 Å². The summed E-state index contributed by atoms with van der Waals surface area (Å²) in [6.45, 7) is 1.22. The molecule has 9 heteroatoms. The lowest BCUT2D eigenvalue weighted by Gasteiger charge is -2.22. The van der Waals surface area contributed by atoms with E-state index in [0.717, 1.165) is 25.7 Å². The Hall–Kier alpha value is -4.53. The summed E-state index contributed by atoms with van der Waals surface area (Å²) in [4.78, 5) is 36.1. The van der Waals surface area contributed by atoms with Crippen molar-refractivity contribution in [3.63, 3.8) is 0 Å². The number of para-hydroxylation sites is 1. The van der Waals surface area contributed by atoms with Crippen LogP contribution < -0.4 is 15.7 Å². The highest BCUT2D eigenvalue weighted by molar-refractivity contribution is 5.95. The minimum atomic E-state index is -1.14. The molecule has 0 radical (unpaired) electrons. The Bertz CT molecular complexity index is 1710. The molecule has 3 aromatic carbocycles. The van der Waals surface area contributed by atoms with Crippen molar-refractivity contribution in [2.75, 3.05) is 11.9 Å². The van der Waals surface area contributed by atoms with E-state index in [0.29, 0.717) is 40.1 Å². The third-order valence-corrected chi connectivity index (χ3v) is 7.83. The van der Waals surface area contributed by atoms with Crippen LogP contribution in [-0.2, 0) is 22.4 Å². The maximum Gasteiger partial charge on any atom is 0.340 e. The molecule has 1 aromatic heterocycles. The highest BCUT2D eigenvalue weighted by Crippen LogP contribution is 2.35. The number of nitrogens with one attached hydrogen (secondary N) is 1. The van der Waals surface area contributed by atoms with E-state index in [1.165, 1.54) is 12.5 Å². The molecule has 4 aromatic rings. The molecule has 0 bridgehead atoms. The summed E-state index contributed by atoms with van der Waals surface area (Å²) in [6.07, 6.45) is 5.56. The van der Waals surface area contributed by atoms with Gasteiger partial charge in [0.2, 0.25) is 0 Å². The van der Waals surface area contributed by atoms with Gasteiger partial charge in [-0.3, -0.25) is 9.59 Å². The van der Waals surface area contributed by atoms with E-state index >= 15 is 8.78 Å². The number of rotatable bonds is 9. The van der Waals surface area contributed by atoms with Crippen LogP contribution in [0.15, 0.2) is 63.8 Å². The third-order valence-electron chi connectivity index (χ3n) is 7.83. The molecule has 1 fully saturated rings. The number of carboxylic acid groups (broad SMARTS) is 1. The standard InChI is InChI=1S/C33H31F2NO6/c1-19-23-14-12-22(16-28(23)42-33(40)26(19)17-30(38)39)36-29(37)18-41-27-10-6-5-9-24(27)25-13-11-21(31(34)32(25)35)15-20-7-3-2-4-8-20/h5-6,9-14,16,20H,2-4,7-8,15,17-18H2,1H3,(H,36,37)(H,38,39). The first-order valence-corrected chi connectivity index (χ1v) is 14.0. The van der Waals surface area contributed by atoms with Gasteiger partial charge in [0.25, 0.3) is 5.91 Å². The molecule has 1 aliphatic rings. The van der Waals surface area contributed by atoms with Crippen LogP contribution >= 0.6 is 0 Å². The predicted molar refractivity (Wildman–Crippen MR) is 155 cm³/mol. The molecule has 0 atom stereocenters. The van der Waals surface area contributed by atoms with Gasteiger partial charge in [0.1, 0.15) is 11.3 Å². The molecule has 7 nitrogen and oxygen atoms in total. The van der Waals surface area contributed by atoms with Crippen molar-refractivity contribution in [3.05, 3.63) is 93.3 Å². The van der Waals surface area contributed by atoms with Gasteiger partial charge in [0.15, 0.2) is 18.2 Å². The highest BCUT2D eigenvalue weighted by atomic mass is 19.2. The van der Waals surface area contributed by atoms with E-state index in [9.17, 15) is 14.4 Å². The molecule has 0 saturated heterocycles. The summed E-state index contributed by atoms with van der Waals surface area (Å²) >= 11 is 0.